The summed E-state index contributed by atoms with van der Waals surface area (Å²) in [6.07, 6.45) is 6.40. The van der Waals surface area contributed by atoms with Crippen LogP contribution >= 0.6 is 0 Å². The van der Waals surface area contributed by atoms with E-state index in [1.807, 2.05) is 12.2 Å². The summed E-state index contributed by atoms with van der Waals surface area (Å²) in [6.45, 7) is 4.20. The first kappa shape index (κ1) is 12.2. The number of unbranched alkanes of at least 4 members (excludes halogenated alkanes) is 1. The van der Waals surface area contributed by atoms with Gasteiger partial charge in [-0.25, -0.2) is 0 Å². The molecule has 0 aliphatic carbocycles. The molecule has 0 aliphatic rings. The van der Waals surface area contributed by atoms with Gasteiger partial charge in [0.15, 0.2) is 6.79 Å². The topological polar surface area (TPSA) is 38.7 Å². The predicted molar refractivity (Wildman–Crippen MR) is 52.2 cm³/mol. The molecular formula is C10H18O3. The van der Waals surface area contributed by atoms with E-state index in [1.165, 1.54) is 0 Å². The van der Waals surface area contributed by atoms with Crippen molar-refractivity contribution in [3.63, 3.8) is 0 Å². The molecule has 0 fully saturated rings. The number of ether oxygens (including phenoxy) is 2. The predicted octanol–water partition coefficient (Wildman–Crippen LogP) is 1.84. The smallest absolute Gasteiger partial charge is 0.188 e. The summed E-state index contributed by atoms with van der Waals surface area (Å²) in [5.41, 5.74) is 0. The first-order valence-electron chi connectivity index (χ1n) is 4.36. The van der Waals surface area contributed by atoms with Crippen molar-refractivity contribution in [1.82, 2.24) is 0 Å². The first-order valence-corrected chi connectivity index (χ1v) is 4.36. The maximum absolute atomic E-state index is 8.50. The SMILES string of the molecule is C=C(C/C=C\CCCO)OCOC. The van der Waals surface area contributed by atoms with E-state index in [4.69, 9.17) is 14.6 Å². The quantitative estimate of drug-likeness (QED) is 0.272. The molecule has 0 bridgehead atoms. The molecule has 0 atom stereocenters. The van der Waals surface area contributed by atoms with Crippen molar-refractivity contribution in [1.29, 1.82) is 0 Å². The van der Waals surface area contributed by atoms with Crippen molar-refractivity contribution in [3.8, 4) is 0 Å². The molecule has 0 heterocycles. The van der Waals surface area contributed by atoms with Crippen LogP contribution in [0.4, 0.5) is 0 Å². The van der Waals surface area contributed by atoms with Crippen molar-refractivity contribution < 1.29 is 14.6 Å². The Hall–Kier alpha value is -0.800. The fourth-order valence-corrected chi connectivity index (χ4v) is 0.743. The standard InChI is InChI=1S/C10H18O3/c1-10(13-9-12-2)7-5-3-4-6-8-11/h3,5,11H,1,4,6-9H2,2H3/b5-3-. The van der Waals surface area contributed by atoms with E-state index in [-0.39, 0.29) is 13.4 Å². The molecule has 0 aliphatic heterocycles. The number of hydrogen-bond acceptors (Lipinski definition) is 3. The van der Waals surface area contributed by atoms with Gasteiger partial charge in [0.05, 0.1) is 5.76 Å². The molecule has 0 aromatic carbocycles. The average Bonchev–Trinajstić information content (AvgIpc) is 2.14. The zero-order chi connectivity index (χ0) is 9.94. The highest BCUT2D eigenvalue weighted by Crippen LogP contribution is 2.02. The van der Waals surface area contributed by atoms with Gasteiger partial charge in [0.1, 0.15) is 0 Å². The van der Waals surface area contributed by atoms with Crippen molar-refractivity contribution in [3.05, 3.63) is 24.5 Å². The fourth-order valence-electron chi connectivity index (χ4n) is 0.743. The minimum absolute atomic E-state index is 0.242. The maximum atomic E-state index is 8.50. The number of allylic oxidation sites excluding steroid dienone is 2. The molecule has 0 spiro atoms. The molecule has 76 valence electrons. The summed E-state index contributed by atoms with van der Waals surface area (Å²) >= 11 is 0. The number of aliphatic hydroxyl groups is 1. The Kier molecular flexibility index (Phi) is 8.72. The van der Waals surface area contributed by atoms with Gasteiger partial charge in [0.25, 0.3) is 0 Å². The largest absolute Gasteiger partial charge is 0.472 e. The third kappa shape index (κ3) is 9.11. The Labute approximate surface area is 79.7 Å². The van der Waals surface area contributed by atoms with E-state index in [0.29, 0.717) is 12.2 Å². The molecule has 0 radical (unpaired) electrons. The molecule has 0 saturated heterocycles. The number of methoxy groups -OCH3 is 1. The highest BCUT2D eigenvalue weighted by molar-refractivity contribution is 4.94. The van der Waals surface area contributed by atoms with Crippen LogP contribution in [0.1, 0.15) is 19.3 Å². The molecule has 0 aromatic rings. The zero-order valence-electron chi connectivity index (χ0n) is 8.16. The third-order valence-corrected chi connectivity index (χ3v) is 1.42. The van der Waals surface area contributed by atoms with Crippen molar-refractivity contribution in [2.24, 2.45) is 0 Å². The number of rotatable bonds is 8. The van der Waals surface area contributed by atoms with Crippen molar-refractivity contribution in [2.45, 2.75) is 19.3 Å². The van der Waals surface area contributed by atoms with Crippen molar-refractivity contribution in [2.75, 3.05) is 20.5 Å². The van der Waals surface area contributed by atoms with Crippen LogP contribution in [0.2, 0.25) is 0 Å². The highest BCUT2D eigenvalue weighted by atomic mass is 16.7. The number of aliphatic hydroxyl groups excluding tert-OH is 1. The lowest BCUT2D eigenvalue weighted by Gasteiger charge is -2.04. The van der Waals surface area contributed by atoms with Gasteiger partial charge in [0, 0.05) is 20.1 Å². The van der Waals surface area contributed by atoms with Crippen LogP contribution < -0.4 is 0 Å². The van der Waals surface area contributed by atoms with Crippen LogP contribution in [0.5, 0.6) is 0 Å². The summed E-state index contributed by atoms with van der Waals surface area (Å²) in [6, 6.07) is 0. The molecule has 0 unspecified atom stereocenters. The summed E-state index contributed by atoms with van der Waals surface area (Å²) in [7, 11) is 1.57. The second kappa shape index (κ2) is 9.29. The Morgan fingerprint density at radius 2 is 2.23 bits per heavy atom. The van der Waals surface area contributed by atoms with Crippen LogP contribution in [-0.2, 0) is 9.47 Å². The van der Waals surface area contributed by atoms with Gasteiger partial charge >= 0.3 is 0 Å². The van der Waals surface area contributed by atoms with Crippen LogP contribution in [0.3, 0.4) is 0 Å². The summed E-state index contributed by atoms with van der Waals surface area (Å²) in [5.74, 6) is 0.696. The third-order valence-electron chi connectivity index (χ3n) is 1.42. The molecule has 3 nitrogen and oxygen atoms in total. The van der Waals surface area contributed by atoms with Crippen LogP contribution in [0.15, 0.2) is 24.5 Å². The van der Waals surface area contributed by atoms with Gasteiger partial charge in [-0.3, -0.25) is 0 Å². The monoisotopic (exact) mass is 186 g/mol. The van der Waals surface area contributed by atoms with E-state index in [9.17, 15) is 0 Å². The van der Waals surface area contributed by atoms with Crippen molar-refractivity contribution >= 4 is 0 Å². The van der Waals surface area contributed by atoms with Gasteiger partial charge in [0.2, 0.25) is 0 Å². The molecule has 3 heteroatoms. The highest BCUT2D eigenvalue weighted by Gasteiger charge is 1.89. The molecule has 13 heavy (non-hydrogen) atoms. The lowest BCUT2D eigenvalue weighted by molar-refractivity contribution is 0.00460. The molecular weight excluding hydrogens is 168 g/mol. The fraction of sp³-hybridized carbons (Fsp3) is 0.600. The lowest BCUT2D eigenvalue weighted by Crippen LogP contribution is -1.94. The second-order valence-corrected chi connectivity index (χ2v) is 2.63. The van der Waals surface area contributed by atoms with Gasteiger partial charge in [-0.1, -0.05) is 18.7 Å². The van der Waals surface area contributed by atoms with Crippen LogP contribution in [-0.4, -0.2) is 25.6 Å². The van der Waals surface area contributed by atoms with Gasteiger partial charge in [-0.15, -0.1) is 0 Å². The molecule has 0 amide bonds. The molecule has 0 saturated carbocycles. The van der Waals surface area contributed by atoms with E-state index in [0.717, 1.165) is 12.8 Å². The maximum Gasteiger partial charge on any atom is 0.188 e. The minimum atomic E-state index is 0.242. The number of hydrogen-bond donors (Lipinski definition) is 1. The minimum Gasteiger partial charge on any atom is -0.472 e. The van der Waals surface area contributed by atoms with Crippen LogP contribution in [0.25, 0.3) is 0 Å². The van der Waals surface area contributed by atoms with E-state index >= 15 is 0 Å². The Morgan fingerprint density at radius 3 is 2.85 bits per heavy atom. The van der Waals surface area contributed by atoms with E-state index < -0.39 is 0 Å². The average molecular weight is 186 g/mol. The molecule has 0 aromatic heterocycles. The zero-order valence-corrected chi connectivity index (χ0v) is 8.16. The summed E-state index contributed by atoms with van der Waals surface area (Å²) < 4.78 is 9.80. The molecule has 0 rings (SSSR count). The lowest BCUT2D eigenvalue weighted by atomic mass is 10.2. The second-order valence-electron chi connectivity index (χ2n) is 2.63. The molecule has 1 N–H and O–H groups in total. The normalized spacial score (nSPS) is 10.6. The Balaban J connectivity index is 3.29. The van der Waals surface area contributed by atoms with Gasteiger partial charge in [-0.2, -0.15) is 0 Å². The van der Waals surface area contributed by atoms with Gasteiger partial charge in [-0.05, 0) is 12.8 Å². The summed E-state index contributed by atoms with van der Waals surface area (Å²) in [4.78, 5) is 0. The Bertz CT molecular complexity index is 152. The van der Waals surface area contributed by atoms with E-state index in [1.54, 1.807) is 7.11 Å². The summed E-state index contributed by atoms with van der Waals surface area (Å²) in [5, 5.41) is 8.50. The Morgan fingerprint density at radius 1 is 1.46 bits per heavy atom. The first-order chi connectivity index (χ1) is 6.31. The van der Waals surface area contributed by atoms with E-state index in [2.05, 4.69) is 6.58 Å². The van der Waals surface area contributed by atoms with Crippen LogP contribution in [0, 0.1) is 0 Å². The van der Waals surface area contributed by atoms with Gasteiger partial charge < -0.3 is 14.6 Å².